The smallest absolute Gasteiger partial charge is 0.222 e. The molecule has 0 saturated heterocycles. The van der Waals surface area contributed by atoms with Gasteiger partial charge in [0.25, 0.3) is 0 Å². The first-order chi connectivity index (χ1) is 9.22. The van der Waals surface area contributed by atoms with E-state index in [0.29, 0.717) is 5.82 Å². The zero-order chi connectivity index (χ0) is 13.2. The largest absolute Gasteiger partial charge is 0.493 e. The van der Waals surface area contributed by atoms with E-state index in [4.69, 9.17) is 4.74 Å². The molecule has 2 heterocycles. The molecule has 1 aliphatic rings. The van der Waals surface area contributed by atoms with Crippen LogP contribution in [0.25, 0.3) is 11.3 Å². The summed E-state index contributed by atoms with van der Waals surface area (Å²) in [6.07, 6.45) is 4.14. The van der Waals surface area contributed by atoms with Crippen molar-refractivity contribution in [2.75, 3.05) is 11.9 Å². The highest BCUT2D eigenvalue weighted by Gasteiger charge is 2.13. The summed E-state index contributed by atoms with van der Waals surface area (Å²) in [6.45, 7) is 2.18. The zero-order valence-corrected chi connectivity index (χ0v) is 10.5. The number of fused-ring (bicyclic) bond motifs is 1. The van der Waals surface area contributed by atoms with Crippen LogP contribution in [0.1, 0.15) is 12.5 Å². The maximum absolute atomic E-state index is 10.9. The highest BCUT2D eigenvalue weighted by atomic mass is 16.5. The summed E-state index contributed by atoms with van der Waals surface area (Å²) in [6, 6.07) is 6.00. The van der Waals surface area contributed by atoms with E-state index in [-0.39, 0.29) is 5.91 Å². The quantitative estimate of drug-likeness (QED) is 0.891. The fourth-order valence-electron chi connectivity index (χ4n) is 2.07. The van der Waals surface area contributed by atoms with Crippen LogP contribution in [0.5, 0.6) is 5.75 Å². The fourth-order valence-corrected chi connectivity index (χ4v) is 2.07. The zero-order valence-electron chi connectivity index (χ0n) is 10.5. The minimum absolute atomic E-state index is 0.156. The predicted octanol–water partition coefficient (Wildman–Crippen LogP) is 2.04. The number of aromatic nitrogens is 2. The monoisotopic (exact) mass is 255 g/mol. The molecule has 5 nitrogen and oxygen atoms in total. The van der Waals surface area contributed by atoms with Crippen molar-refractivity contribution in [3.8, 4) is 17.0 Å². The molecule has 0 saturated carbocycles. The van der Waals surface area contributed by atoms with E-state index in [9.17, 15) is 4.79 Å². The third kappa shape index (κ3) is 2.40. The molecule has 1 aromatic heterocycles. The second-order valence-electron chi connectivity index (χ2n) is 4.39. The van der Waals surface area contributed by atoms with Gasteiger partial charge in [-0.05, 0) is 23.8 Å². The summed E-state index contributed by atoms with van der Waals surface area (Å²) in [5, 5.41) is 2.59. The van der Waals surface area contributed by atoms with Gasteiger partial charge in [0.2, 0.25) is 5.91 Å². The number of benzene rings is 1. The van der Waals surface area contributed by atoms with Gasteiger partial charge in [-0.1, -0.05) is 0 Å². The second kappa shape index (κ2) is 4.68. The van der Waals surface area contributed by atoms with Crippen LogP contribution in [0.2, 0.25) is 0 Å². The molecule has 0 bridgehead atoms. The number of carbonyl (C=O) groups is 1. The Morgan fingerprint density at radius 1 is 1.32 bits per heavy atom. The van der Waals surface area contributed by atoms with Crippen LogP contribution in [0.4, 0.5) is 5.82 Å². The van der Waals surface area contributed by atoms with Gasteiger partial charge in [0, 0.05) is 18.9 Å². The maximum atomic E-state index is 10.9. The molecule has 0 atom stereocenters. The molecule has 0 unspecified atom stereocenters. The number of nitrogens with one attached hydrogen (secondary N) is 1. The number of nitrogens with zero attached hydrogens (tertiary/aromatic N) is 2. The van der Waals surface area contributed by atoms with E-state index in [1.807, 2.05) is 12.1 Å². The van der Waals surface area contributed by atoms with Crippen molar-refractivity contribution in [3.63, 3.8) is 0 Å². The summed E-state index contributed by atoms with van der Waals surface area (Å²) >= 11 is 0. The van der Waals surface area contributed by atoms with Crippen LogP contribution >= 0.6 is 0 Å². The highest BCUT2D eigenvalue weighted by molar-refractivity contribution is 5.87. The van der Waals surface area contributed by atoms with E-state index < -0.39 is 0 Å². The first-order valence-corrected chi connectivity index (χ1v) is 6.08. The first-order valence-electron chi connectivity index (χ1n) is 6.08. The van der Waals surface area contributed by atoms with E-state index in [0.717, 1.165) is 30.0 Å². The Bertz CT molecular complexity index is 623. The second-order valence-corrected chi connectivity index (χ2v) is 4.39. The number of amides is 1. The van der Waals surface area contributed by atoms with E-state index in [1.54, 1.807) is 12.4 Å². The van der Waals surface area contributed by atoms with Crippen molar-refractivity contribution in [1.82, 2.24) is 9.97 Å². The van der Waals surface area contributed by atoms with Crippen molar-refractivity contribution in [2.45, 2.75) is 13.3 Å². The number of carbonyl (C=O) groups excluding carboxylic acids is 1. The lowest BCUT2D eigenvalue weighted by Crippen LogP contribution is -2.07. The summed E-state index contributed by atoms with van der Waals surface area (Å²) in [7, 11) is 0. The number of ether oxygens (including phenoxy) is 1. The SMILES string of the molecule is CC(=O)Nc1cnc(-c2ccc3c(c2)CCO3)cn1. The van der Waals surface area contributed by atoms with Gasteiger partial charge in [0.15, 0.2) is 5.82 Å². The number of hydrogen-bond acceptors (Lipinski definition) is 4. The van der Waals surface area contributed by atoms with Gasteiger partial charge in [-0.2, -0.15) is 0 Å². The van der Waals surface area contributed by atoms with Crippen molar-refractivity contribution >= 4 is 11.7 Å². The molecule has 1 N–H and O–H groups in total. The van der Waals surface area contributed by atoms with Crippen molar-refractivity contribution in [1.29, 1.82) is 0 Å². The number of rotatable bonds is 2. The first kappa shape index (κ1) is 11.6. The molecule has 0 fully saturated rings. The lowest BCUT2D eigenvalue weighted by atomic mass is 10.1. The average Bonchev–Trinajstić information content (AvgIpc) is 2.86. The number of anilines is 1. The molecule has 0 spiro atoms. The van der Waals surface area contributed by atoms with Gasteiger partial charge in [-0.25, -0.2) is 4.98 Å². The Morgan fingerprint density at radius 3 is 2.95 bits per heavy atom. The number of hydrogen-bond donors (Lipinski definition) is 1. The standard InChI is InChI=1S/C14H13N3O2/c1-9(18)17-14-8-15-12(7-16-14)10-2-3-13-11(6-10)4-5-19-13/h2-3,6-8H,4-5H2,1H3,(H,16,17,18). The molecule has 3 rings (SSSR count). The Balaban J connectivity index is 1.88. The molecule has 0 radical (unpaired) electrons. The van der Waals surface area contributed by atoms with E-state index in [2.05, 4.69) is 21.4 Å². The summed E-state index contributed by atoms with van der Waals surface area (Å²) in [5.41, 5.74) is 2.99. The average molecular weight is 255 g/mol. The molecule has 96 valence electrons. The third-order valence-corrected chi connectivity index (χ3v) is 2.94. The van der Waals surface area contributed by atoms with Crippen LogP contribution < -0.4 is 10.1 Å². The van der Waals surface area contributed by atoms with Crippen LogP contribution in [-0.4, -0.2) is 22.5 Å². The van der Waals surface area contributed by atoms with E-state index in [1.165, 1.54) is 12.5 Å². The normalized spacial score (nSPS) is 12.7. The third-order valence-electron chi connectivity index (χ3n) is 2.94. The minimum atomic E-state index is -0.156. The Labute approximate surface area is 110 Å². The molecule has 1 aliphatic heterocycles. The summed E-state index contributed by atoms with van der Waals surface area (Å²) in [5.74, 6) is 1.25. The van der Waals surface area contributed by atoms with Gasteiger partial charge in [-0.15, -0.1) is 0 Å². The molecular formula is C14H13N3O2. The molecule has 19 heavy (non-hydrogen) atoms. The maximum Gasteiger partial charge on any atom is 0.222 e. The van der Waals surface area contributed by atoms with Gasteiger partial charge in [0.05, 0.1) is 24.7 Å². The van der Waals surface area contributed by atoms with Crippen molar-refractivity contribution in [2.24, 2.45) is 0 Å². The van der Waals surface area contributed by atoms with Crippen LogP contribution in [0.3, 0.4) is 0 Å². The van der Waals surface area contributed by atoms with Gasteiger partial charge in [-0.3, -0.25) is 9.78 Å². The molecule has 2 aromatic rings. The lowest BCUT2D eigenvalue weighted by molar-refractivity contribution is -0.114. The Hall–Kier alpha value is -2.43. The molecule has 5 heteroatoms. The topological polar surface area (TPSA) is 64.1 Å². The lowest BCUT2D eigenvalue weighted by Gasteiger charge is -2.05. The van der Waals surface area contributed by atoms with Crippen LogP contribution in [-0.2, 0) is 11.2 Å². The Kier molecular flexibility index (Phi) is 2.87. The van der Waals surface area contributed by atoms with Crippen molar-refractivity contribution < 1.29 is 9.53 Å². The van der Waals surface area contributed by atoms with E-state index >= 15 is 0 Å². The molecule has 1 aromatic carbocycles. The van der Waals surface area contributed by atoms with Crippen LogP contribution in [0.15, 0.2) is 30.6 Å². The highest BCUT2D eigenvalue weighted by Crippen LogP contribution is 2.29. The van der Waals surface area contributed by atoms with Crippen molar-refractivity contribution in [3.05, 3.63) is 36.2 Å². The van der Waals surface area contributed by atoms with Gasteiger partial charge < -0.3 is 10.1 Å². The minimum Gasteiger partial charge on any atom is -0.493 e. The van der Waals surface area contributed by atoms with Gasteiger partial charge >= 0.3 is 0 Å². The van der Waals surface area contributed by atoms with Gasteiger partial charge in [0.1, 0.15) is 5.75 Å². The summed E-state index contributed by atoms with van der Waals surface area (Å²) < 4.78 is 5.47. The molecular weight excluding hydrogens is 242 g/mol. The Morgan fingerprint density at radius 2 is 2.21 bits per heavy atom. The fraction of sp³-hybridized carbons (Fsp3) is 0.214. The molecule has 1 amide bonds. The summed E-state index contributed by atoms with van der Waals surface area (Å²) in [4.78, 5) is 19.4. The molecule has 0 aliphatic carbocycles. The predicted molar refractivity (Wildman–Crippen MR) is 71.0 cm³/mol. The van der Waals surface area contributed by atoms with Crippen LogP contribution in [0, 0.1) is 0 Å².